The highest BCUT2D eigenvalue weighted by Crippen LogP contribution is 2.38. The number of allylic oxidation sites excluding steroid dienone is 2. The summed E-state index contributed by atoms with van der Waals surface area (Å²) >= 11 is 0. The van der Waals surface area contributed by atoms with Crippen LogP contribution in [-0.2, 0) is 22.2 Å². The number of carbonyl (C=O) groups excluding carboxylic acids is 2. The molecule has 0 aliphatic heterocycles. The van der Waals surface area contributed by atoms with Crippen LogP contribution in [-0.4, -0.2) is 34.4 Å². The monoisotopic (exact) mass is 609 g/mol. The molecule has 0 aromatic heterocycles. The molecule has 1 aliphatic rings. The number of anilines is 1. The number of benzene rings is 3. The van der Waals surface area contributed by atoms with E-state index >= 15 is 0 Å². The molecule has 0 saturated heterocycles. The van der Waals surface area contributed by atoms with Gasteiger partial charge in [0.25, 0.3) is 11.6 Å². The first-order chi connectivity index (χ1) is 20.9. The number of hydrogen-bond donors (Lipinski definition) is 3. The average molecular weight is 610 g/mol. The first-order valence-corrected chi connectivity index (χ1v) is 14.0. The van der Waals surface area contributed by atoms with Gasteiger partial charge in [0, 0.05) is 23.9 Å². The second kappa shape index (κ2) is 14.0. The first-order valence-electron chi connectivity index (χ1n) is 14.0. The lowest BCUT2D eigenvalue weighted by molar-refractivity contribution is -0.388. The molecule has 3 aromatic rings. The minimum Gasteiger partial charge on any atom is -0.481 e. The number of alkyl halides is 3. The third-order valence-electron chi connectivity index (χ3n) is 7.34. The van der Waals surface area contributed by atoms with E-state index in [1.165, 1.54) is 17.7 Å². The van der Waals surface area contributed by atoms with Gasteiger partial charge in [0.15, 0.2) is 0 Å². The molecule has 1 aliphatic carbocycles. The maximum absolute atomic E-state index is 13.6. The van der Waals surface area contributed by atoms with E-state index in [0.717, 1.165) is 37.3 Å². The van der Waals surface area contributed by atoms with E-state index in [2.05, 4.69) is 16.7 Å². The van der Waals surface area contributed by atoms with Gasteiger partial charge < -0.3 is 15.7 Å². The topological polar surface area (TPSA) is 139 Å². The Balaban J connectivity index is 1.60. The van der Waals surface area contributed by atoms with Crippen LogP contribution in [0, 0.1) is 10.1 Å². The maximum Gasteiger partial charge on any atom is 0.423 e. The molecule has 0 radical (unpaired) electrons. The molecule has 0 heterocycles. The van der Waals surface area contributed by atoms with Crippen molar-refractivity contribution in [3.8, 4) is 0 Å². The van der Waals surface area contributed by atoms with Gasteiger partial charge in [-0.1, -0.05) is 42.5 Å². The van der Waals surface area contributed by atoms with E-state index in [1.807, 2.05) is 12.1 Å². The number of hydrogen-bond acceptors (Lipinski definition) is 5. The summed E-state index contributed by atoms with van der Waals surface area (Å²) in [5.74, 6) is -2.98. The zero-order valence-corrected chi connectivity index (χ0v) is 23.5. The Labute approximate surface area is 250 Å². The average Bonchev–Trinajstić information content (AvgIpc) is 3.00. The highest BCUT2D eigenvalue weighted by Gasteiger charge is 2.38. The number of aliphatic carboxylic acids is 1. The van der Waals surface area contributed by atoms with Gasteiger partial charge in [-0.3, -0.25) is 24.5 Å². The predicted octanol–water partition coefficient (Wildman–Crippen LogP) is 6.74. The zero-order chi connectivity index (χ0) is 31.9. The molecular weight excluding hydrogens is 579 g/mol. The van der Waals surface area contributed by atoms with Crippen molar-refractivity contribution in [3.63, 3.8) is 0 Å². The summed E-state index contributed by atoms with van der Waals surface area (Å²) in [6.45, 7) is -0.0379. The lowest BCUT2D eigenvalue weighted by Crippen LogP contribution is -2.26. The molecule has 12 heteroatoms. The number of nitrogens with one attached hydrogen (secondary N) is 2. The highest BCUT2D eigenvalue weighted by molar-refractivity contribution is 5.97. The van der Waals surface area contributed by atoms with Crippen LogP contribution in [0.25, 0.3) is 5.57 Å². The molecule has 4 rings (SSSR count). The van der Waals surface area contributed by atoms with Crippen LogP contribution < -0.4 is 10.6 Å². The van der Waals surface area contributed by atoms with Crippen LogP contribution in [0.5, 0.6) is 0 Å². The fourth-order valence-corrected chi connectivity index (χ4v) is 5.03. The number of amides is 2. The standard InChI is InChI=1S/C32H30F3N3O6/c33-32(34,35)27-19-25(14-15-28(27)38(43)44)37-31(42)26(23-12-10-22(11-13-23)21-4-2-1-3-5-21)18-20-6-8-24(9-7-20)30(41)36-17-16-29(39)40/h4,6-15,19,26H,1-3,5,16-18H2,(H,36,41)(H,37,42)(H,39,40). The molecule has 0 bridgehead atoms. The second-order valence-electron chi connectivity index (χ2n) is 10.4. The van der Waals surface area contributed by atoms with E-state index in [1.54, 1.807) is 24.3 Å². The van der Waals surface area contributed by atoms with Crippen LogP contribution in [0.1, 0.15) is 70.6 Å². The quantitative estimate of drug-likeness (QED) is 0.163. The van der Waals surface area contributed by atoms with Gasteiger partial charge >= 0.3 is 12.1 Å². The van der Waals surface area contributed by atoms with E-state index < -0.39 is 46.1 Å². The maximum atomic E-state index is 13.6. The van der Waals surface area contributed by atoms with Crippen molar-refractivity contribution in [3.05, 3.63) is 111 Å². The molecular formula is C32H30F3N3O6. The molecule has 3 N–H and O–H groups in total. The summed E-state index contributed by atoms with van der Waals surface area (Å²) in [7, 11) is 0. The smallest absolute Gasteiger partial charge is 0.423 e. The molecule has 2 amide bonds. The van der Waals surface area contributed by atoms with Crippen LogP contribution in [0.4, 0.5) is 24.5 Å². The lowest BCUT2D eigenvalue weighted by atomic mass is 9.88. The third-order valence-corrected chi connectivity index (χ3v) is 7.34. The molecule has 3 aromatic carbocycles. The Morgan fingerprint density at radius 3 is 2.27 bits per heavy atom. The number of carbonyl (C=O) groups is 3. The van der Waals surface area contributed by atoms with E-state index in [9.17, 15) is 37.7 Å². The normalized spacial score (nSPS) is 13.8. The van der Waals surface area contributed by atoms with E-state index in [4.69, 9.17) is 5.11 Å². The van der Waals surface area contributed by atoms with Crippen molar-refractivity contribution in [1.29, 1.82) is 0 Å². The van der Waals surface area contributed by atoms with Crippen molar-refractivity contribution < 1.29 is 37.6 Å². The molecule has 9 nitrogen and oxygen atoms in total. The molecule has 0 saturated carbocycles. The van der Waals surface area contributed by atoms with Gasteiger partial charge in [-0.15, -0.1) is 0 Å². The van der Waals surface area contributed by atoms with Gasteiger partial charge in [0.05, 0.1) is 17.3 Å². The zero-order valence-electron chi connectivity index (χ0n) is 23.5. The van der Waals surface area contributed by atoms with Crippen molar-refractivity contribution in [2.75, 3.05) is 11.9 Å². The van der Waals surface area contributed by atoms with Gasteiger partial charge in [-0.05, 0) is 78.6 Å². The van der Waals surface area contributed by atoms with Crippen LogP contribution in [0.3, 0.4) is 0 Å². The molecule has 44 heavy (non-hydrogen) atoms. The number of nitro groups is 1. The third kappa shape index (κ3) is 8.30. The molecule has 230 valence electrons. The fourth-order valence-electron chi connectivity index (χ4n) is 5.03. The number of nitrogens with zero attached hydrogens (tertiary/aromatic N) is 1. The largest absolute Gasteiger partial charge is 0.481 e. The lowest BCUT2D eigenvalue weighted by Gasteiger charge is -2.20. The Kier molecular flexibility index (Phi) is 10.1. The fraction of sp³-hybridized carbons (Fsp3) is 0.281. The Bertz CT molecular complexity index is 1570. The van der Waals surface area contributed by atoms with Crippen LogP contribution in [0.2, 0.25) is 0 Å². The van der Waals surface area contributed by atoms with Gasteiger partial charge in [0.2, 0.25) is 5.91 Å². The second-order valence-corrected chi connectivity index (χ2v) is 10.4. The minimum atomic E-state index is -5.01. The van der Waals surface area contributed by atoms with Crippen molar-refractivity contribution in [1.82, 2.24) is 5.32 Å². The summed E-state index contributed by atoms with van der Waals surface area (Å²) in [6, 6.07) is 16.1. The van der Waals surface area contributed by atoms with Crippen LogP contribution in [0.15, 0.2) is 72.8 Å². The Morgan fingerprint density at radius 2 is 1.68 bits per heavy atom. The number of nitro benzene ring substituents is 1. The van der Waals surface area contributed by atoms with Crippen molar-refractivity contribution in [2.24, 2.45) is 0 Å². The van der Waals surface area contributed by atoms with Crippen molar-refractivity contribution in [2.45, 2.75) is 50.6 Å². The van der Waals surface area contributed by atoms with Gasteiger partial charge in [0.1, 0.15) is 5.56 Å². The number of carboxylic acid groups (broad SMARTS) is 1. The molecule has 1 unspecified atom stereocenters. The van der Waals surface area contributed by atoms with Gasteiger partial charge in [-0.2, -0.15) is 13.2 Å². The molecule has 0 spiro atoms. The summed E-state index contributed by atoms with van der Waals surface area (Å²) < 4.78 is 40.6. The molecule has 0 fully saturated rings. The predicted molar refractivity (Wildman–Crippen MR) is 157 cm³/mol. The Morgan fingerprint density at radius 1 is 0.977 bits per heavy atom. The summed E-state index contributed by atoms with van der Waals surface area (Å²) in [5.41, 5.74) is 0.960. The number of carboxylic acids is 1. The van der Waals surface area contributed by atoms with E-state index in [-0.39, 0.29) is 30.6 Å². The summed E-state index contributed by atoms with van der Waals surface area (Å²) in [5, 5.41) is 24.9. The summed E-state index contributed by atoms with van der Waals surface area (Å²) in [4.78, 5) is 46.6. The van der Waals surface area contributed by atoms with Crippen LogP contribution >= 0.6 is 0 Å². The first kappa shape index (κ1) is 31.9. The highest BCUT2D eigenvalue weighted by atomic mass is 19.4. The number of rotatable bonds is 11. The number of halogens is 3. The molecule has 1 atom stereocenters. The SMILES string of the molecule is O=C(O)CCNC(=O)c1ccc(CC(C(=O)Nc2ccc([N+](=O)[O-])c(C(F)(F)F)c2)c2ccc(C3=CCCCC3)cc2)cc1. The van der Waals surface area contributed by atoms with Crippen molar-refractivity contribution >= 4 is 34.7 Å². The van der Waals surface area contributed by atoms with Gasteiger partial charge in [-0.25, -0.2) is 0 Å². The Hall–Kier alpha value is -5.00. The minimum absolute atomic E-state index is 0.0379. The summed E-state index contributed by atoms with van der Waals surface area (Å²) in [6.07, 6.45) is 1.24. The van der Waals surface area contributed by atoms with E-state index in [0.29, 0.717) is 23.3 Å².